The smallest absolute Gasteiger partial charge is 0.274 e. The minimum absolute atomic E-state index is 0.171. The lowest BCUT2D eigenvalue weighted by Gasteiger charge is -2.05. The molecule has 0 bridgehead atoms. The molecule has 1 rings (SSSR count). The molecule has 0 aliphatic heterocycles. The van der Waals surface area contributed by atoms with Gasteiger partial charge < -0.3 is 9.52 Å². The van der Waals surface area contributed by atoms with Crippen LogP contribution >= 0.6 is 0 Å². The summed E-state index contributed by atoms with van der Waals surface area (Å²) < 4.78 is 30.2. The largest absolute Gasteiger partial charge is 0.451 e. The van der Waals surface area contributed by atoms with Gasteiger partial charge in [0.15, 0.2) is 0 Å². The number of hydrogen-bond donors (Lipinski definition) is 2. The average Bonchev–Trinajstić information content (AvgIpc) is 2.49. The van der Waals surface area contributed by atoms with E-state index in [9.17, 15) is 8.42 Å². The molecule has 0 aliphatic rings. The maximum Gasteiger partial charge on any atom is 0.274 e. The highest BCUT2D eigenvalue weighted by Gasteiger charge is 2.19. The van der Waals surface area contributed by atoms with Crippen molar-refractivity contribution in [1.29, 1.82) is 0 Å². The molecule has 0 radical (unpaired) electrons. The average molecular weight is 219 g/mol. The van der Waals surface area contributed by atoms with E-state index in [0.29, 0.717) is 5.56 Å². The molecule has 2 N–H and O–H groups in total. The minimum Gasteiger partial charge on any atom is -0.451 e. The van der Waals surface area contributed by atoms with E-state index in [1.807, 2.05) is 0 Å². The van der Waals surface area contributed by atoms with Gasteiger partial charge in [-0.05, 0) is 13.8 Å². The predicted octanol–water partition coefficient (Wildman–Crippen LogP) is 0.459. The predicted molar refractivity (Wildman–Crippen MR) is 50.1 cm³/mol. The number of hydrogen-bond acceptors (Lipinski definition) is 4. The van der Waals surface area contributed by atoms with Gasteiger partial charge >= 0.3 is 0 Å². The van der Waals surface area contributed by atoms with Crippen LogP contribution in [0.3, 0.4) is 0 Å². The molecule has 5 nitrogen and oxygen atoms in total. The van der Waals surface area contributed by atoms with E-state index in [0.717, 1.165) is 0 Å². The van der Waals surface area contributed by atoms with Gasteiger partial charge in [0, 0.05) is 17.7 Å². The van der Waals surface area contributed by atoms with Gasteiger partial charge in [0.1, 0.15) is 0 Å². The monoisotopic (exact) mass is 219 g/mol. The highest BCUT2D eigenvalue weighted by atomic mass is 32.2. The molecule has 0 atom stereocenters. The number of sulfonamides is 1. The third-order valence-corrected chi connectivity index (χ3v) is 2.99. The van der Waals surface area contributed by atoms with Gasteiger partial charge in [0.2, 0.25) is 5.09 Å². The summed E-state index contributed by atoms with van der Waals surface area (Å²) >= 11 is 0. The van der Waals surface area contributed by atoms with Crippen LogP contribution in [0.2, 0.25) is 0 Å². The first kappa shape index (κ1) is 11.2. The SMILES string of the molecule is CC(C)NS(=O)(=O)c1cc(CO)co1. The first-order chi connectivity index (χ1) is 6.45. The summed E-state index contributed by atoms with van der Waals surface area (Å²) in [4.78, 5) is 0. The summed E-state index contributed by atoms with van der Waals surface area (Å²) in [6.45, 7) is 3.20. The number of aliphatic hydroxyl groups excluding tert-OH is 1. The maximum atomic E-state index is 11.5. The highest BCUT2D eigenvalue weighted by Crippen LogP contribution is 2.13. The first-order valence-corrected chi connectivity index (χ1v) is 5.64. The van der Waals surface area contributed by atoms with Crippen molar-refractivity contribution in [2.75, 3.05) is 0 Å². The Morgan fingerprint density at radius 3 is 2.64 bits per heavy atom. The molecular weight excluding hydrogens is 206 g/mol. The lowest BCUT2D eigenvalue weighted by molar-refractivity contribution is 0.280. The van der Waals surface area contributed by atoms with E-state index in [1.165, 1.54) is 12.3 Å². The Morgan fingerprint density at radius 1 is 1.57 bits per heavy atom. The molecule has 0 saturated carbocycles. The fourth-order valence-corrected chi connectivity index (χ4v) is 2.16. The molecule has 80 valence electrons. The quantitative estimate of drug-likeness (QED) is 0.771. The van der Waals surface area contributed by atoms with Crippen LogP contribution in [-0.2, 0) is 16.6 Å². The fourth-order valence-electron chi connectivity index (χ4n) is 0.945. The van der Waals surface area contributed by atoms with Crippen molar-refractivity contribution in [3.8, 4) is 0 Å². The van der Waals surface area contributed by atoms with Crippen LogP contribution < -0.4 is 4.72 Å². The molecule has 0 aromatic carbocycles. The second kappa shape index (κ2) is 4.12. The van der Waals surface area contributed by atoms with E-state index >= 15 is 0 Å². The van der Waals surface area contributed by atoms with Crippen molar-refractivity contribution < 1.29 is 17.9 Å². The number of furan rings is 1. The summed E-state index contributed by atoms with van der Waals surface area (Å²) in [5, 5.41) is 8.55. The lowest BCUT2D eigenvalue weighted by Crippen LogP contribution is -2.29. The maximum absolute atomic E-state index is 11.5. The molecule has 0 fully saturated rings. The molecule has 0 saturated heterocycles. The molecule has 6 heteroatoms. The second-order valence-corrected chi connectivity index (χ2v) is 4.85. The minimum atomic E-state index is -3.58. The zero-order valence-electron chi connectivity index (χ0n) is 8.02. The Balaban J connectivity index is 2.93. The molecule has 1 aromatic rings. The summed E-state index contributed by atoms with van der Waals surface area (Å²) in [5.41, 5.74) is 0.439. The van der Waals surface area contributed by atoms with E-state index in [4.69, 9.17) is 9.52 Å². The molecule has 0 spiro atoms. The number of nitrogens with one attached hydrogen (secondary N) is 1. The van der Waals surface area contributed by atoms with Gasteiger partial charge in [0.25, 0.3) is 10.0 Å². The fraction of sp³-hybridized carbons (Fsp3) is 0.500. The third-order valence-electron chi connectivity index (χ3n) is 1.47. The molecular formula is C8H13NO4S. The summed E-state index contributed by atoms with van der Waals surface area (Å²) in [7, 11) is -3.58. The normalized spacial score (nSPS) is 12.3. The Morgan fingerprint density at radius 2 is 2.21 bits per heavy atom. The molecule has 1 heterocycles. The standard InChI is InChI=1S/C8H13NO4S/c1-6(2)9-14(11,12)8-3-7(4-10)5-13-8/h3,5-6,9-10H,4H2,1-2H3. The van der Waals surface area contributed by atoms with Crippen molar-refractivity contribution in [2.24, 2.45) is 0 Å². The van der Waals surface area contributed by atoms with Crippen LogP contribution in [0.25, 0.3) is 0 Å². The Kier molecular flexibility index (Phi) is 3.30. The van der Waals surface area contributed by atoms with E-state index in [2.05, 4.69) is 4.72 Å². The van der Waals surface area contributed by atoms with E-state index in [1.54, 1.807) is 13.8 Å². The van der Waals surface area contributed by atoms with Crippen LogP contribution in [0, 0.1) is 0 Å². The van der Waals surface area contributed by atoms with Gasteiger partial charge in [0.05, 0.1) is 12.9 Å². The van der Waals surface area contributed by atoms with Gasteiger partial charge in [-0.1, -0.05) is 0 Å². The summed E-state index contributed by atoms with van der Waals surface area (Å²) in [6, 6.07) is 1.10. The molecule has 0 amide bonds. The van der Waals surface area contributed by atoms with Crippen LogP contribution in [0.5, 0.6) is 0 Å². The molecule has 14 heavy (non-hydrogen) atoms. The van der Waals surface area contributed by atoms with Gasteiger partial charge in [-0.25, -0.2) is 13.1 Å². The number of aliphatic hydroxyl groups is 1. The van der Waals surface area contributed by atoms with Crippen molar-refractivity contribution in [3.63, 3.8) is 0 Å². The van der Waals surface area contributed by atoms with E-state index in [-0.39, 0.29) is 17.7 Å². The van der Waals surface area contributed by atoms with E-state index < -0.39 is 10.0 Å². The topological polar surface area (TPSA) is 79.5 Å². The Labute approximate surface area is 82.8 Å². The second-order valence-electron chi connectivity index (χ2n) is 3.21. The van der Waals surface area contributed by atoms with Crippen molar-refractivity contribution in [2.45, 2.75) is 31.6 Å². The van der Waals surface area contributed by atoms with Crippen LogP contribution in [0.15, 0.2) is 21.8 Å². The van der Waals surface area contributed by atoms with Gasteiger partial charge in [-0.15, -0.1) is 0 Å². The summed E-state index contributed by atoms with van der Waals surface area (Å²) in [5.74, 6) is 0. The van der Waals surface area contributed by atoms with Crippen LogP contribution in [0.1, 0.15) is 19.4 Å². The zero-order chi connectivity index (χ0) is 10.8. The first-order valence-electron chi connectivity index (χ1n) is 4.16. The van der Waals surface area contributed by atoms with Gasteiger partial charge in [-0.2, -0.15) is 0 Å². The third kappa shape index (κ3) is 2.57. The molecule has 1 aromatic heterocycles. The Hall–Kier alpha value is -0.850. The highest BCUT2D eigenvalue weighted by molar-refractivity contribution is 7.89. The molecule has 0 aliphatic carbocycles. The lowest BCUT2D eigenvalue weighted by atomic mass is 10.4. The zero-order valence-corrected chi connectivity index (χ0v) is 8.84. The molecule has 0 unspecified atom stereocenters. The van der Waals surface area contributed by atoms with Crippen LogP contribution in [0.4, 0.5) is 0 Å². The summed E-state index contributed by atoms with van der Waals surface area (Å²) in [6.07, 6.45) is 1.22. The van der Waals surface area contributed by atoms with Gasteiger partial charge in [-0.3, -0.25) is 0 Å². The van der Waals surface area contributed by atoms with Crippen molar-refractivity contribution in [3.05, 3.63) is 17.9 Å². The van der Waals surface area contributed by atoms with Crippen molar-refractivity contribution in [1.82, 2.24) is 4.72 Å². The van der Waals surface area contributed by atoms with Crippen LogP contribution in [-0.4, -0.2) is 19.6 Å². The number of rotatable bonds is 4. The van der Waals surface area contributed by atoms with Crippen molar-refractivity contribution >= 4 is 10.0 Å². The Bertz CT molecular complexity index is 393.